The van der Waals surface area contributed by atoms with Crippen molar-refractivity contribution in [2.45, 2.75) is 45.6 Å². The van der Waals surface area contributed by atoms with Crippen LogP contribution in [0.25, 0.3) is 5.57 Å². The number of rotatable bonds is 6. The van der Waals surface area contributed by atoms with Crippen molar-refractivity contribution < 1.29 is 9.59 Å². The number of allylic oxidation sites excluding steroid dienone is 1. The van der Waals surface area contributed by atoms with Gasteiger partial charge in [-0.05, 0) is 42.2 Å². The molecule has 0 unspecified atom stereocenters. The molecule has 1 aromatic rings. The highest BCUT2D eigenvalue weighted by Crippen LogP contribution is 2.59. The molecular formula is C18H26NO+. The van der Waals surface area contributed by atoms with Crippen molar-refractivity contribution in [3.63, 3.8) is 0 Å². The van der Waals surface area contributed by atoms with Crippen LogP contribution in [0.15, 0.2) is 24.3 Å². The first-order chi connectivity index (χ1) is 9.50. The van der Waals surface area contributed by atoms with Gasteiger partial charge in [-0.25, -0.2) is 0 Å². The second-order valence-electron chi connectivity index (χ2n) is 6.95. The van der Waals surface area contributed by atoms with Crippen LogP contribution in [0.5, 0.6) is 5.75 Å². The zero-order valence-corrected chi connectivity index (χ0v) is 12.9. The van der Waals surface area contributed by atoms with E-state index in [0.29, 0.717) is 11.3 Å². The predicted octanol–water partition coefficient (Wildman–Crippen LogP) is 3.88. The molecule has 0 amide bonds. The minimum atomic E-state index is 0.378. The average molecular weight is 272 g/mol. The number of hydrogen-bond donors (Lipinski definition) is 1. The molecule has 2 saturated heterocycles. The Morgan fingerprint density at radius 3 is 2.70 bits per heavy atom. The Morgan fingerprint density at radius 2 is 2.10 bits per heavy atom. The van der Waals surface area contributed by atoms with Crippen LogP contribution in [0.2, 0.25) is 0 Å². The third-order valence-corrected chi connectivity index (χ3v) is 5.28. The van der Waals surface area contributed by atoms with Gasteiger partial charge in [-0.1, -0.05) is 25.5 Å². The van der Waals surface area contributed by atoms with Gasteiger partial charge in [0.1, 0.15) is 18.8 Å². The summed E-state index contributed by atoms with van der Waals surface area (Å²) >= 11 is 0. The van der Waals surface area contributed by atoms with Gasteiger partial charge in [0.15, 0.2) is 5.54 Å². The molecule has 0 saturated carbocycles. The molecule has 2 heterocycles. The van der Waals surface area contributed by atoms with E-state index in [1.54, 1.807) is 6.07 Å². The van der Waals surface area contributed by atoms with E-state index in [4.69, 9.17) is 0 Å². The highest BCUT2D eigenvalue weighted by Gasteiger charge is 2.84. The second kappa shape index (κ2) is 4.63. The fourth-order valence-corrected chi connectivity index (χ4v) is 3.57. The van der Waals surface area contributed by atoms with Crippen molar-refractivity contribution in [2.75, 3.05) is 19.6 Å². The third-order valence-electron chi connectivity index (χ3n) is 5.28. The maximum Gasteiger partial charge on any atom is 0.195 e. The monoisotopic (exact) mass is 272 g/mol. The SMILES string of the molecule is CCC/C=C(/CC[N+]12CC1(C)C2)c1cc(O)ccc1C. The summed E-state index contributed by atoms with van der Waals surface area (Å²) in [5, 5.41) is 9.77. The molecule has 0 atom stereocenters. The van der Waals surface area contributed by atoms with E-state index >= 15 is 0 Å². The van der Waals surface area contributed by atoms with Gasteiger partial charge >= 0.3 is 0 Å². The molecule has 1 N–H and O–H groups in total. The van der Waals surface area contributed by atoms with Crippen LogP contribution in [0.1, 0.15) is 44.2 Å². The van der Waals surface area contributed by atoms with Crippen LogP contribution in [-0.2, 0) is 0 Å². The summed E-state index contributed by atoms with van der Waals surface area (Å²) in [6.07, 6.45) is 5.82. The smallest absolute Gasteiger partial charge is 0.195 e. The molecule has 0 aliphatic carbocycles. The highest BCUT2D eigenvalue weighted by molar-refractivity contribution is 5.69. The minimum Gasteiger partial charge on any atom is -0.508 e. The molecule has 2 fully saturated rings. The summed E-state index contributed by atoms with van der Waals surface area (Å²) in [5.41, 5.74) is 4.57. The molecule has 0 aromatic heterocycles. The van der Waals surface area contributed by atoms with Gasteiger partial charge in [-0.3, -0.25) is 4.48 Å². The first-order valence-electron chi connectivity index (χ1n) is 7.85. The van der Waals surface area contributed by atoms with Crippen molar-refractivity contribution in [2.24, 2.45) is 0 Å². The van der Waals surface area contributed by atoms with Gasteiger partial charge in [0.05, 0.1) is 6.54 Å². The van der Waals surface area contributed by atoms with Crippen molar-refractivity contribution in [3.8, 4) is 5.75 Å². The van der Waals surface area contributed by atoms with Crippen LogP contribution in [0.4, 0.5) is 0 Å². The molecule has 108 valence electrons. The van der Waals surface area contributed by atoms with Gasteiger partial charge in [0.2, 0.25) is 0 Å². The van der Waals surface area contributed by atoms with E-state index in [2.05, 4.69) is 26.8 Å². The molecule has 3 rings (SSSR count). The quantitative estimate of drug-likeness (QED) is 0.615. The molecule has 2 nitrogen and oxygen atoms in total. The maximum atomic E-state index is 9.77. The number of quaternary nitrogens is 1. The van der Waals surface area contributed by atoms with Crippen molar-refractivity contribution in [3.05, 3.63) is 35.4 Å². The van der Waals surface area contributed by atoms with Crippen molar-refractivity contribution in [1.82, 2.24) is 0 Å². The molecule has 0 bridgehead atoms. The molecule has 2 heteroatoms. The van der Waals surface area contributed by atoms with E-state index in [9.17, 15) is 5.11 Å². The number of unbranched alkanes of at least 4 members (excludes halogenated alkanes) is 1. The summed E-state index contributed by atoms with van der Waals surface area (Å²) in [4.78, 5) is 0. The van der Waals surface area contributed by atoms with Crippen molar-refractivity contribution >= 4 is 5.57 Å². The molecular weight excluding hydrogens is 246 g/mol. The lowest BCUT2D eigenvalue weighted by molar-refractivity contribution is -0.707. The maximum absolute atomic E-state index is 9.77. The average Bonchev–Trinajstić information content (AvgIpc) is 3.17. The summed E-state index contributed by atoms with van der Waals surface area (Å²) in [6.45, 7) is 10.8. The van der Waals surface area contributed by atoms with Crippen LogP contribution >= 0.6 is 0 Å². The Labute approximate surface area is 122 Å². The standard InChI is InChI=1S/C18H25NO/c1-4-5-6-15(9-10-19-12-18(19,3)13-19)17-11-16(20)8-7-14(17)2/h6-8,11H,4-5,9-10,12-13H2,1-3H3/p+1/b15-6-. The van der Waals surface area contributed by atoms with E-state index in [0.717, 1.165) is 12.8 Å². The van der Waals surface area contributed by atoms with Crippen molar-refractivity contribution in [1.29, 1.82) is 0 Å². The zero-order chi connectivity index (χ0) is 14.4. The first-order valence-corrected chi connectivity index (χ1v) is 7.85. The fraction of sp³-hybridized carbons (Fsp3) is 0.556. The number of fused-ring (bicyclic) bond motifs is 1. The topological polar surface area (TPSA) is 20.2 Å². The van der Waals surface area contributed by atoms with Gasteiger partial charge in [0, 0.05) is 13.3 Å². The fourth-order valence-electron chi connectivity index (χ4n) is 3.57. The lowest BCUT2D eigenvalue weighted by atomic mass is 9.96. The summed E-state index contributed by atoms with van der Waals surface area (Å²) < 4.78 is 1.34. The summed E-state index contributed by atoms with van der Waals surface area (Å²) in [6, 6.07) is 5.74. The normalized spacial score (nSPS) is 31.1. The van der Waals surface area contributed by atoms with Crippen LogP contribution < -0.4 is 0 Å². The number of nitrogens with zero attached hydrogens (tertiary/aromatic N) is 1. The van der Waals surface area contributed by atoms with Gasteiger partial charge in [0.25, 0.3) is 0 Å². The van der Waals surface area contributed by atoms with Gasteiger partial charge in [-0.15, -0.1) is 0 Å². The summed E-state index contributed by atoms with van der Waals surface area (Å²) in [5.74, 6) is 0.378. The van der Waals surface area contributed by atoms with Crippen LogP contribution in [0.3, 0.4) is 0 Å². The number of phenolic OH excluding ortho intramolecular Hbond substituents is 1. The van der Waals surface area contributed by atoms with E-state index in [-0.39, 0.29) is 0 Å². The van der Waals surface area contributed by atoms with Gasteiger partial charge < -0.3 is 5.11 Å². The summed E-state index contributed by atoms with van der Waals surface area (Å²) in [7, 11) is 0. The second-order valence-corrected chi connectivity index (χ2v) is 6.95. The number of aromatic hydroxyl groups is 1. The Kier molecular flexibility index (Phi) is 3.17. The predicted molar refractivity (Wildman–Crippen MR) is 83.6 cm³/mol. The molecule has 20 heavy (non-hydrogen) atoms. The highest BCUT2D eigenvalue weighted by atomic mass is 16.3. The number of phenols is 1. The molecule has 0 spiro atoms. The van der Waals surface area contributed by atoms with Gasteiger partial charge in [-0.2, -0.15) is 0 Å². The minimum absolute atomic E-state index is 0.378. The van der Waals surface area contributed by atoms with Crippen LogP contribution in [-0.4, -0.2) is 34.8 Å². The van der Waals surface area contributed by atoms with E-state index in [1.165, 1.54) is 47.2 Å². The third kappa shape index (κ3) is 2.26. The van der Waals surface area contributed by atoms with E-state index < -0.39 is 0 Å². The molecule has 2 aliphatic heterocycles. The van der Waals surface area contributed by atoms with E-state index in [1.807, 2.05) is 12.1 Å². The molecule has 0 radical (unpaired) electrons. The molecule has 2 aliphatic rings. The Hall–Kier alpha value is -1.28. The van der Waals surface area contributed by atoms with Crippen LogP contribution in [0, 0.1) is 6.92 Å². The number of aryl methyl sites for hydroxylation is 1. The number of hydrogen-bond acceptors (Lipinski definition) is 1. The largest absolute Gasteiger partial charge is 0.508 e. The Bertz CT molecular complexity index is 553. The Balaban J connectivity index is 1.77. The lowest BCUT2D eigenvalue weighted by Crippen LogP contribution is -2.14. The number of benzene rings is 1. The molecule has 1 aromatic carbocycles. The first kappa shape index (κ1) is 13.7. The Morgan fingerprint density at radius 1 is 1.40 bits per heavy atom. The lowest BCUT2D eigenvalue weighted by Gasteiger charge is -2.13. The zero-order valence-electron chi connectivity index (χ0n) is 12.9.